The van der Waals surface area contributed by atoms with Gasteiger partial charge in [0.1, 0.15) is 17.6 Å². The summed E-state index contributed by atoms with van der Waals surface area (Å²) in [6, 6.07) is 19.4. The lowest BCUT2D eigenvalue weighted by Gasteiger charge is -2.29. The molecule has 5 nitrogen and oxygen atoms in total. The van der Waals surface area contributed by atoms with E-state index >= 15 is 0 Å². The van der Waals surface area contributed by atoms with Crippen molar-refractivity contribution in [3.63, 3.8) is 0 Å². The van der Waals surface area contributed by atoms with Crippen LogP contribution in [0.3, 0.4) is 0 Å². The first kappa shape index (κ1) is 17.2. The number of benzene rings is 2. The van der Waals surface area contributed by atoms with Crippen LogP contribution < -0.4 is 15.0 Å². The van der Waals surface area contributed by atoms with Crippen LogP contribution in [0.2, 0.25) is 0 Å². The van der Waals surface area contributed by atoms with Crippen LogP contribution in [-0.4, -0.2) is 26.1 Å². The highest BCUT2D eigenvalue weighted by Crippen LogP contribution is 2.35. The summed E-state index contributed by atoms with van der Waals surface area (Å²) in [5.74, 6) is 1.25. The van der Waals surface area contributed by atoms with Gasteiger partial charge in [-0.15, -0.1) is 0 Å². The van der Waals surface area contributed by atoms with Crippen molar-refractivity contribution in [3.05, 3.63) is 83.8 Å². The summed E-state index contributed by atoms with van der Waals surface area (Å²) < 4.78 is 11.0. The second-order valence-corrected chi connectivity index (χ2v) is 6.51. The smallest absolute Gasteiger partial charge is 0.255 e. The second-order valence-electron chi connectivity index (χ2n) is 6.51. The Morgan fingerprint density at radius 1 is 1.15 bits per heavy atom. The van der Waals surface area contributed by atoms with Crippen LogP contribution in [0.5, 0.6) is 5.75 Å². The number of carbonyl (C=O) groups is 1. The van der Waals surface area contributed by atoms with Gasteiger partial charge in [-0.2, -0.15) is 0 Å². The number of fused-ring (bicyclic) bond motifs is 1. The molecule has 0 radical (unpaired) electrons. The zero-order valence-electron chi connectivity index (χ0n) is 15.2. The number of amides is 1. The fraction of sp³-hybridized carbons (Fsp3) is 0.227. The average Bonchev–Trinajstić information content (AvgIpc) is 3.39. The molecular weight excluding hydrogens is 340 g/mol. The van der Waals surface area contributed by atoms with E-state index in [-0.39, 0.29) is 11.9 Å². The van der Waals surface area contributed by atoms with E-state index in [1.54, 1.807) is 25.5 Å². The predicted octanol–water partition coefficient (Wildman–Crippen LogP) is 3.82. The lowest BCUT2D eigenvalue weighted by atomic mass is 10.1. The molecule has 1 aliphatic rings. The van der Waals surface area contributed by atoms with Crippen LogP contribution >= 0.6 is 0 Å². The van der Waals surface area contributed by atoms with Crippen LogP contribution in [0.25, 0.3) is 0 Å². The second kappa shape index (κ2) is 7.58. The Hall–Kier alpha value is -3.21. The molecule has 4 rings (SSSR count). The number of nitrogens with one attached hydrogen (secondary N) is 1. The largest absolute Gasteiger partial charge is 0.496 e. The van der Waals surface area contributed by atoms with Gasteiger partial charge in [-0.1, -0.05) is 30.3 Å². The molecule has 1 amide bonds. The van der Waals surface area contributed by atoms with Crippen molar-refractivity contribution >= 4 is 11.6 Å². The summed E-state index contributed by atoms with van der Waals surface area (Å²) in [4.78, 5) is 15.0. The first-order valence-corrected chi connectivity index (χ1v) is 9.07. The molecule has 5 heteroatoms. The van der Waals surface area contributed by atoms with Crippen molar-refractivity contribution in [2.45, 2.75) is 12.5 Å². The van der Waals surface area contributed by atoms with Crippen LogP contribution in [0.4, 0.5) is 5.69 Å². The number of hydrogen-bond acceptors (Lipinski definition) is 4. The molecule has 0 bridgehead atoms. The lowest BCUT2D eigenvalue weighted by molar-refractivity contribution is 0.0947. The highest BCUT2D eigenvalue weighted by Gasteiger charge is 2.29. The molecule has 1 atom stereocenters. The van der Waals surface area contributed by atoms with Crippen LogP contribution in [0, 0.1) is 0 Å². The van der Waals surface area contributed by atoms with E-state index in [0.29, 0.717) is 17.9 Å². The molecule has 2 heterocycles. The van der Waals surface area contributed by atoms with Gasteiger partial charge in [-0.3, -0.25) is 4.79 Å². The summed E-state index contributed by atoms with van der Waals surface area (Å²) in [6.45, 7) is 1.34. The van der Waals surface area contributed by atoms with Gasteiger partial charge in [0.15, 0.2) is 0 Å². The van der Waals surface area contributed by atoms with E-state index in [4.69, 9.17) is 9.15 Å². The van der Waals surface area contributed by atoms with Gasteiger partial charge < -0.3 is 19.4 Å². The maximum absolute atomic E-state index is 12.7. The number of carbonyl (C=O) groups excluding carboxylic acids is 1. The van der Waals surface area contributed by atoms with E-state index in [1.807, 2.05) is 30.3 Å². The monoisotopic (exact) mass is 362 g/mol. The number of methoxy groups -OCH3 is 1. The first-order chi connectivity index (χ1) is 13.3. The number of hydrogen-bond donors (Lipinski definition) is 1. The summed E-state index contributed by atoms with van der Waals surface area (Å²) in [7, 11) is 1.57. The SMILES string of the molecule is COc1ccccc1C(=O)NC[C@H](c1ccco1)N1CCc2ccccc21. The van der Waals surface area contributed by atoms with Gasteiger partial charge in [0, 0.05) is 18.8 Å². The predicted molar refractivity (Wildman–Crippen MR) is 104 cm³/mol. The number of nitrogens with zero attached hydrogens (tertiary/aromatic N) is 1. The molecule has 0 unspecified atom stereocenters. The van der Waals surface area contributed by atoms with Crippen molar-refractivity contribution in [3.8, 4) is 5.75 Å². The van der Waals surface area contributed by atoms with Crippen molar-refractivity contribution in [2.75, 3.05) is 25.1 Å². The Kier molecular flexibility index (Phi) is 4.83. The van der Waals surface area contributed by atoms with Crippen molar-refractivity contribution < 1.29 is 13.9 Å². The van der Waals surface area contributed by atoms with Crippen molar-refractivity contribution in [1.29, 1.82) is 0 Å². The average molecular weight is 362 g/mol. The highest BCUT2D eigenvalue weighted by molar-refractivity contribution is 5.96. The van der Waals surface area contributed by atoms with Crippen molar-refractivity contribution in [1.82, 2.24) is 5.32 Å². The fourth-order valence-corrected chi connectivity index (χ4v) is 3.65. The number of rotatable bonds is 6. The molecule has 0 saturated carbocycles. The molecule has 0 spiro atoms. The van der Waals surface area contributed by atoms with Gasteiger partial charge >= 0.3 is 0 Å². The highest BCUT2D eigenvalue weighted by atomic mass is 16.5. The third-order valence-electron chi connectivity index (χ3n) is 4.98. The zero-order valence-corrected chi connectivity index (χ0v) is 15.2. The molecule has 1 aromatic heterocycles. The molecule has 0 saturated heterocycles. The molecule has 27 heavy (non-hydrogen) atoms. The van der Waals surface area contributed by atoms with E-state index in [0.717, 1.165) is 18.7 Å². The summed E-state index contributed by atoms with van der Waals surface area (Å²) in [6.07, 6.45) is 2.67. The minimum absolute atomic E-state index is 0.0673. The maximum atomic E-state index is 12.7. The van der Waals surface area contributed by atoms with Gasteiger partial charge in [-0.25, -0.2) is 0 Å². The molecule has 2 aromatic carbocycles. The van der Waals surface area contributed by atoms with Crippen molar-refractivity contribution in [2.24, 2.45) is 0 Å². The van der Waals surface area contributed by atoms with Gasteiger partial charge in [0.2, 0.25) is 0 Å². The third-order valence-corrected chi connectivity index (χ3v) is 4.98. The number of para-hydroxylation sites is 2. The Morgan fingerprint density at radius 3 is 2.78 bits per heavy atom. The quantitative estimate of drug-likeness (QED) is 0.724. The van der Waals surface area contributed by atoms with Crippen LogP contribution in [-0.2, 0) is 6.42 Å². The summed E-state index contributed by atoms with van der Waals surface area (Å²) >= 11 is 0. The molecular formula is C22H22N2O3. The Labute approximate surface area is 158 Å². The van der Waals surface area contributed by atoms with Crippen LogP contribution in [0.15, 0.2) is 71.3 Å². The Morgan fingerprint density at radius 2 is 1.96 bits per heavy atom. The van der Waals surface area contributed by atoms with Gasteiger partial charge in [0.05, 0.1) is 18.9 Å². The Bertz CT molecular complexity index is 921. The fourth-order valence-electron chi connectivity index (χ4n) is 3.65. The number of anilines is 1. The van der Waals surface area contributed by atoms with E-state index in [2.05, 4.69) is 28.4 Å². The van der Waals surface area contributed by atoms with Gasteiger partial charge in [-0.05, 0) is 42.3 Å². The van der Waals surface area contributed by atoms with Gasteiger partial charge in [0.25, 0.3) is 5.91 Å². The minimum atomic E-state index is -0.156. The molecule has 0 aliphatic carbocycles. The number of furan rings is 1. The molecule has 0 fully saturated rings. The van der Waals surface area contributed by atoms with Crippen LogP contribution in [0.1, 0.15) is 27.7 Å². The Balaban J connectivity index is 1.56. The zero-order chi connectivity index (χ0) is 18.6. The summed E-state index contributed by atoms with van der Waals surface area (Å²) in [5.41, 5.74) is 3.05. The normalized spacial score (nSPS) is 13.9. The van der Waals surface area contributed by atoms with E-state index in [1.165, 1.54) is 11.3 Å². The van der Waals surface area contributed by atoms with E-state index in [9.17, 15) is 4.79 Å². The minimum Gasteiger partial charge on any atom is -0.496 e. The first-order valence-electron chi connectivity index (χ1n) is 9.07. The molecule has 1 aliphatic heterocycles. The molecule has 138 valence electrons. The van der Waals surface area contributed by atoms with E-state index < -0.39 is 0 Å². The maximum Gasteiger partial charge on any atom is 0.255 e. The lowest BCUT2D eigenvalue weighted by Crippen LogP contribution is -2.37. The third kappa shape index (κ3) is 3.40. The topological polar surface area (TPSA) is 54.7 Å². The summed E-state index contributed by atoms with van der Waals surface area (Å²) in [5, 5.41) is 3.05. The molecule has 1 N–H and O–H groups in total. The standard InChI is InChI=1S/C22H22N2O3/c1-26-20-10-5-3-8-17(20)22(25)23-15-19(21-11-6-14-27-21)24-13-12-16-7-2-4-9-18(16)24/h2-11,14,19H,12-13,15H2,1H3,(H,23,25)/t19-/m1/s1. The molecule has 3 aromatic rings. The number of ether oxygens (including phenoxy) is 1.